The molecule has 2 unspecified atom stereocenters. The second kappa shape index (κ2) is 4.62. The van der Waals surface area contributed by atoms with E-state index in [2.05, 4.69) is 0 Å². The molecule has 0 bridgehead atoms. The van der Waals surface area contributed by atoms with Crippen LogP contribution in [0.15, 0.2) is 23.0 Å². The van der Waals surface area contributed by atoms with Crippen LogP contribution in [0.25, 0.3) is 0 Å². The monoisotopic (exact) mass is 262 g/mol. The molecule has 0 amide bonds. The summed E-state index contributed by atoms with van der Waals surface area (Å²) in [5.41, 5.74) is -0.136. The van der Waals surface area contributed by atoms with E-state index in [1.54, 1.807) is 25.5 Å². The zero-order valence-electron chi connectivity index (χ0n) is 12.2. The predicted molar refractivity (Wildman–Crippen MR) is 72.9 cm³/mol. The van der Waals surface area contributed by atoms with Crippen molar-refractivity contribution in [1.29, 1.82) is 0 Å². The molecule has 1 saturated carbocycles. The first-order valence-electron chi connectivity index (χ1n) is 6.86. The molecular weight excluding hydrogens is 240 g/mol. The van der Waals surface area contributed by atoms with Crippen molar-refractivity contribution in [1.82, 2.24) is 0 Å². The van der Waals surface area contributed by atoms with Gasteiger partial charge in [0.2, 0.25) is 0 Å². The first kappa shape index (κ1) is 14.0. The zero-order valence-corrected chi connectivity index (χ0v) is 12.2. The number of carbonyl (C=O) groups excluding carboxylic acids is 2. The van der Waals surface area contributed by atoms with Crippen LogP contribution in [0.5, 0.6) is 0 Å². The summed E-state index contributed by atoms with van der Waals surface area (Å²) in [4.78, 5) is 24.9. The third-order valence-corrected chi connectivity index (χ3v) is 4.55. The third-order valence-electron chi connectivity index (χ3n) is 4.55. The maximum absolute atomic E-state index is 12.8. The summed E-state index contributed by atoms with van der Waals surface area (Å²) in [7, 11) is 0. The van der Waals surface area contributed by atoms with Gasteiger partial charge in [-0.15, -0.1) is 0 Å². The van der Waals surface area contributed by atoms with Crippen LogP contribution in [0.2, 0.25) is 0 Å². The Labute approximate surface area is 114 Å². The molecule has 0 spiro atoms. The van der Waals surface area contributed by atoms with Gasteiger partial charge < -0.3 is 4.42 Å². The van der Waals surface area contributed by atoms with Gasteiger partial charge in [-0.25, -0.2) is 0 Å². The fourth-order valence-electron chi connectivity index (χ4n) is 3.66. The average molecular weight is 262 g/mol. The maximum Gasteiger partial charge on any atom is 0.145 e. The van der Waals surface area contributed by atoms with Gasteiger partial charge in [0.25, 0.3) is 0 Å². The van der Waals surface area contributed by atoms with Crippen molar-refractivity contribution in [2.75, 3.05) is 0 Å². The van der Waals surface area contributed by atoms with Crippen LogP contribution in [-0.4, -0.2) is 11.6 Å². The highest BCUT2D eigenvalue weighted by Crippen LogP contribution is 2.50. The SMILES string of the molecule is CC(=O)C(c1ccoc1)C1(C)CCCC(C)(C)C1=O. The van der Waals surface area contributed by atoms with Crippen LogP contribution in [0.1, 0.15) is 58.4 Å². The second-order valence-electron chi connectivity index (χ2n) is 6.58. The van der Waals surface area contributed by atoms with E-state index < -0.39 is 11.3 Å². The Morgan fingerprint density at radius 1 is 1.32 bits per heavy atom. The molecule has 1 aromatic rings. The number of Topliss-reactive ketones (excluding diaryl/α,β-unsaturated/α-hetero) is 2. The van der Waals surface area contributed by atoms with Crippen molar-refractivity contribution in [2.45, 2.75) is 52.9 Å². The van der Waals surface area contributed by atoms with E-state index in [9.17, 15) is 9.59 Å². The molecule has 2 atom stereocenters. The molecule has 1 heterocycles. The van der Waals surface area contributed by atoms with Crippen LogP contribution in [-0.2, 0) is 9.59 Å². The molecule has 1 aliphatic rings. The Balaban J connectivity index is 2.46. The number of rotatable bonds is 3. The molecular formula is C16H22O3. The Hall–Kier alpha value is -1.38. The third kappa shape index (κ3) is 2.26. The summed E-state index contributed by atoms with van der Waals surface area (Å²) in [5.74, 6) is -0.152. The lowest BCUT2D eigenvalue weighted by molar-refractivity contribution is -0.145. The van der Waals surface area contributed by atoms with Crippen LogP contribution >= 0.6 is 0 Å². The molecule has 0 N–H and O–H groups in total. The molecule has 1 aliphatic carbocycles. The normalized spacial score (nSPS) is 28.1. The topological polar surface area (TPSA) is 47.3 Å². The van der Waals surface area contributed by atoms with E-state index in [1.807, 2.05) is 20.8 Å². The first-order valence-corrected chi connectivity index (χ1v) is 6.86. The molecule has 19 heavy (non-hydrogen) atoms. The van der Waals surface area contributed by atoms with Gasteiger partial charge in [0, 0.05) is 16.4 Å². The number of ketones is 2. The predicted octanol–water partition coefficient (Wildman–Crippen LogP) is 3.74. The average Bonchev–Trinajstić information content (AvgIpc) is 2.79. The van der Waals surface area contributed by atoms with Gasteiger partial charge in [0.15, 0.2) is 0 Å². The minimum atomic E-state index is -0.614. The quantitative estimate of drug-likeness (QED) is 0.833. The van der Waals surface area contributed by atoms with Crippen molar-refractivity contribution >= 4 is 11.6 Å². The summed E-state index contributed by atoms with van der Waals surface area (Å²) >= 11 is 0. The van der Waals surface area contributed by atoms with Crippen LogP contribution in [0.3, 0.4) is 0 Å². The van der Waals surface area contributed by atoms with Crippen molar-refractivity contribution in [3.8, 4) is 0 Å². The van der Waals surface area contributed by atoms with Crippen LogP contribution < -0.4 is 0 Å². The second-order valence-corrected chi connectivity index (χ2v) is 6.58. The lowest BCUT2D eigenvalue weighted by Crippen LogP contribution is -2.47. The zero-order chi connectivity index (χ0) is 14.3. The fourth-order valence-corrected chi connectivity index (χ4v) is 3.66. The highest BCUT2D eigenvalue weighted by molar-refractivity contribution is 5.97. The van der Waals surface area contributed by atoms with E-state index >= 15 is 0 Å². The van der Waals surface area contributed by atoms with E-state index in [1.165, 1.54) is 0 Å². The minimum absolute atomic E-state index is 0.0370. The molecule has 0 aliphatic heterocycles. The van der Waals surface area contributed by atoms with Crippen molar-refractivity contribution in [3.63, 3.8) is 0 Å². The summed E-state index contributed by atoms with van der Waals surface area (Å²) < 4.78 is 5.11. The van der Waals surface area contributed by atoms with Crippen molar-refractivity contribution in [3.05, 3.63) is 24.2 Å². The molecule has 3 heteroatoms. The molecule has 1 fully saturated rings. The minimum Gasteiger partial charge on any atom is -0.472 e. The highest BCUT2D eigenvalue weighted by atomic mass is 16.3. The van der Waals surface area contributed by atoms with Gasteiger partial charge in [-0.3, -0.25) is 9.59 Å². The van der Waals surface area contributed by atoms with E-state index in [-0.39, 0.29) is 17.0 Å². The number of hydrogen-bond donors (Lipinski definition) is 0. The smallest absolute Gasteiger partial charge is 0.145 e. The molecule has 0 saturated heterocycles. The van der Waals surface area contributed by atoms with Crippen LogP contribution in [0.4, 0.5) is 0 Å². The van der Waals surface area contributed by atoms with Gasteiger partial charge in [0.1, 0.15) is 11.6 Å². The first-order chi connectivity index (χ1) is 8.79. The number of carbonyl (C=O) groups is 2. The molecule has 2 rings (SSSR count). The lowest BCUT2D eigenvalue weighted by atomic mass is 9.56. The summed E-state index contributed by atoms with van der Waals surface area (Å²) in [6.07, 6.45) is 5.80. The largest absolute Gasteiger partial charge is 0.472 e. The highest BCUT2D eigenvalue weighted by Gasteiger charge is 2.51. The number of furan rings is 1. The van der Waals surface area contributed by atoms with Crippen LogP contribution in [0, 0.1) is 10.8 Å². The van der Waals surface area contributed by atoms with Gasteiger partial charge in [-0.2, -0.15) is 0 Å². The lowest BCUT2D eigenvalue weighted by Gasteiger charge is -2.44. The van der Waals surface area contributed by atoms with Crippen molar-refractivity contribution < 1.29 is 14.0 Å². The maximum atomic E-state index is 12.8. The molecule has 104 valence electrons. The van der Waals surface area contributed by atoms with E-state index in [0.717, 1.165) is 24.8 Å². The standard InChI is InChI=1S/C16H22O3/c1-11(17)13(12-6-9-19-10-12)16(4)8-5-7-15(2,3)14(16)18/h6,9-10,13H,5,7-8H2,1-4H3. The fraction of sp³-hybridized carbons (Fsp3) is 0.625. The summed E-state index contributed by atoms with van der Waals surface area (Å²) in [6, 6.07) is 1.80. The van der Waals surface area contributed by atoms with E-state index in [0.29, 0.717) is 0 Å². The molecule has 0 radical (unpaired) electrons. The van der Waals surface area contributed by atoms with Gasteiger partial charge in [-0.05, 0) is 25.8 Å². The molecule has 0 aromatic carbocycles. The Morgan fingerprint density at radius 2 is 2.00 bits per heavy atom. The molecule has 3 nitrogen and oxygen atoms in total. The Bertz CT molecular complexity index is 484. The number of hydrogen-bond acceptors (Lipinski definition) is 3. The van der Waals surface area contributed by atoms with Gasteiger partial charge in [-0.1, -0.05) is 27.2 Å². The van der Waals surface area contributed by atoms with Gasteiger partial charge in [0.05, 0.1) is 18.4 Å². The van der Waals surface area contributed by atoms with Crippen molar-refractivity contribution in [2.24, 2.45) is 10.8 Å². The Kier molecular flexibility index (Phi) is 3.41. The summed E-state index contributed by atoms with van der Waals surface area (Å²) in [6.45, 7) is 7.48. The summed E-state index contributed by atoms with van der Waals surface area (Å²) in [5, 5.41) is 0. The molecule has 1 aromatic heterocycles. The van der Waals surface area contributed by atoms with E-state index in [4.69, 9.17) is 4.42 Å². The Morgan fingerprint density at radius 3 is 2.53 bits per heavy atom. The van der Waals surface area contributed by atoms with Gasteiger partial charge >= 0.3 is 0 Å².